The van der Waals surface area contributed by atoms with E-state index in [4.69, 9.17) is 15.2 Å². The summed E-state index contributed by atoms with van der Waals surface area (Å²) in [6.45, 7) is 6.07. The molecular formula is C14H21NO3. The number of carbonyl (C=O) groups is 1. The summed E-state index contributed by atoms with van der Waals surface area (Å²) < 4.78 is 10.7. The summed E-state index contributed by atoms with van der Waals surface area (Å²) in [5.74, 6) is 0.322. The number of nitrogen functional groups attached to an aromatic ring is 1. The molecule has 18 heavy (non-hydrogen) atoms. The molecule has 4 heteroatoms. The fourth-order valence-corrected chi connectivity index (χ4v) is 1.62. The fraction of sp³-hybridized carbons (Fsp3) is 0.500. The average Bonchev–Trinajstić information content (AvgIpc) is 2.33. The van der Waals surface area contributed by atoms with Crippen molar-refractivity contribution in [3.8, 4) is 5.75 Å². The van der Waals surface area contributed by atoms with Crippen LogP contribution < -0.4 is 10.5 Å². The number of rotatable bonds is 6. The molecule has 1 rings (SSSR count). The summed E-state index contributed by atoms with van der Waals surface area (Å²) in [6.07, 6.45) is 0.924. The van der Waals surface area contributed by atoms with Crippen molar-refractivity contribution in [1.29, 1.82) is 0 Å². The first-order valence-corrected chi connectivity index (χ1v) is 6.27. The van der Waals surface area contributed by atoms with Gasteiger partial charge in [0.05, 0.1) is 6.61 Å². The monoisotopic (exact) mass is 251 g/mol. The van der Waals surface area contributed by atoms with Gasteiger partial charge in [-0.25, -0.2) is 4.79 Å². The van der Waals surface area contributed by atoms with Crippen LogP contribution >= 0.6 is 0 Å². The first-order chi connectivity index (χ1) is 8.58. The molecule has 100 valence electrons. The number of benzene rings is 1. The predicted molar refractivity (Wildman–Crippen MR) is 71.5 cm³/mol. The fourth-order valence-electron chi connectivity index (χ4n) is 1.62. The number of aryl methyl sites for hydroxylation is 1. The molecule has 0 bridgehead atoms. The molecule has 0 aliphatic carbocycles. The Morgan fingerprint density at radius 2 is 2.11 bits per heavy atom. The molecular weight excluding hydrogens is 230 g/mol. The molecule has 1 aromatic rings. The molecule has 0 spiro atoms. The summed E-state index contributed by atoms with van der Waals surface area (Å²) in [6, 6.07) is 5.41. The standard InChI is InChI=1S/C14H21NO3/c1-4-6-12(14(16)17-5-2)18-13-9-11(15)8-7-10(13)3/h7-9,12H,4-6,15H2,1-3H3. The van der Waals surface area contributed by atoms with Crippen molar-refractivity contribution in [2.75, 3.05) is 12.3 Å². The maximum Gasteiger partial charge on any atom is 0.347 e. The molecule has 0 aromatic heterocycles. The second-order valence-corrected chi connectivity index (χ2v) is 4.17. The highest BCUT2D eigenvalue weighted by molar-refractivity contribution is 5.75. The molecule has 0 saturated carbocycles. The van der Waals surface area contributed by atoms with Gasteiger partial charge in [-0.15, -0.1) is 0 Å². The highest BCUT2D eigenvalue weighted by Gasteiger charge is 2.21. The average molecular weight is 251 g/mol. The lowest BCUT2D eigenvalue weighted by Crippen LogP contribution is -2.29. The third-order valence-electron chi connectivity index (χ3n) is 2.58. The molecule has 0 amide bonds. The summed E-state index contributed by atoms with van der Waals surface area (Å²) in [5.41, 5.74) is 7.29. The van der Waals surface area contributed by atoms with Crippen molar-refractivity contribution < 1.29 is 14.3 Å². The van der Waals surface area contributed by atoms with Crippen molar-refractivity contribution >= 4 is 11.7 Å². The number of anilines is 1. The van der Waals surface area contributed by atoms with E-state index in [1.807, 2.05) is 19.9 Å². The second-order valence-electron chi connectivity index (χ2n) is 4.17. The predicted octanol–water partition coefficient (Wildman–Crippen LogP) is 2.69. The van der Waals surface area contributed by atoms with E-state index in [0.29, 0.717) is 24.5 Å². The molecule has 0 aliphatic heterocycles. The highest BCUT2D eigenvalue weighted by Crippen LogP contribution is 2.23. The van der Waals surface area contributed by atoms with Crippen LogP contribution in [0.15, 0.2) is 18.2 Å². The van der Waals surface area contributed by atoms with E-state index in [2.05, 4.69) is 0 Å². The Balaban J connectivity index is 2.82. The van der Waals surface area contributed by atoms with E-state index >= 15 is 0 Å². The van der Waals surface area contributed by atoms with Gasteiger partial charge in [0.15, 0.2) is 6.10 Å². The maximum absolute atomic E-state index is 11.8. The van der Waals surface area contributed by atoms with Crippen LogP contribution in [0.5, 0.6) is 5.75 Å². The number of hydrogen-bond donors (Lipinski definition) is 1. The minimum atomic E-state index is -0.560. The van der Waals surface area contributed by atoms with E-state index < -0.39 is 6.10 Å². The number of nitrogens with two attached hydrogens (primary N) is 1. The van der Waals surface area contributed by atoms with E-state index in [-0.39, 0.29) is 5.97 Å². The van der Waals surface area contributed by atoms with Gasteiger partial charge >= 0.3 is 5.97 Å². The zero-order chi connectivity index (χ0) is 13.5. The van der Waals surface area contributed by atoms with Gasteiger partial charge in [-0.05, 0) is 31.9 Å². The highest BCUT2D eigenvalue weighted by atomic mass is 16.6. The number of carbonyl (C=O) groups excluding carboxylic acids is 1. The minimum Gasteiger partial charge on any atom is -0.478 e. The molecule has 2 N–H and O–H groups in total. The van der Waals surface area contributed by atoms with Gasteiger partial charge in [0, 0.05) is 11.8 Å². The van der Waals surface area contributed by atoms with Gasteiger partial charge in [0.25, 0.3) is 0 Å². The number of ether oxygens (including phenoxy) is 2. The van der Waals surface area contributed by atoms with Crippen LogP contribution in [0.1, 0.15) is 32.3 Å². The van der Waals surface area contributed by atoms with E-state index in [0.717, 1.165) is 12.0 Å². The molecule has 4 nitrogen and oxygen atoms in total. The van der Waals surface area contributed by atoms with Gasteiger partial charge < -0.3 is 15.2 Å². The lowest BCUT2D eigenvalue weighted by Gasteiger charge is -2.18. The summed E-state index contributed by atoms with van der Waals surface area (Å²) >= 11 is 0. The Morgan fingerprint density at radius 1 is 1.39 bits per heavy atom. The van der Waals surface area contributed by atoms with Crippen LogP contribution in [-0.2, 0) is 9.53 Å². The van der Waals surface area contributed by atoms with E-state index in [1.165, 1.54) is 0 Å². The molecule has 0 saturated heterocycles. The molecule has 0 aliphatic rings. The maximum atomic E-state index is 11.8. The number of esters is 1. The van der Waals surface area contributed by atoms with Crippen molar-refractivity contribution in [1.82, 2.24) is 0 Å². The molecule has 1 atom stereocenters. The Bertz CT molecular complexity index is 404. The Kier molecular flexibility index (Phi) is 5.49. The van der Waals surface area contributed by atoms with E-state index in [1.54, 1.807) is 19.1 Å². The van der Waals surface area contributed by atoms with E-state index in [9.17, 15) is 4.79 Å². The molecule has 0 radical (unpaired) electrons. The SMILES string of the molecule is CCCC(Oc1cc(N)ccc1C)C(=O)OCC. The zero-order valence-electron chi connectivity index (χ0n) is 11.2. The zero-order valence-corrected chi connectivity index (χ0v) is 11.2. The summed E-state index contributed by atoms with van der Waals surface area (Å²) in [4.78, 5) is 11.8. The molecule has 0 heterocycles. The first kappa shape index (κ1) is 14.4. The Labute approximate surface area is 108 Å². The lowest BCUT2D eigenvalue weighted by molar-refractivity contribution is -0.151. The van der Waals surface area contributed by atoms with Crippen molar-refractivity contribution in [3.05, 3.63) is 23.8 Å². The van der Waals surface area contributed by atoms with Crippen LogP contribution in [0.3, 0.4) is 0 Å². The Morgan fingerprint density at radius 3 is 2.72 bits per heavy atom. The quantitative estimate of drug-likeness (QED) is 0.623. The van der Waals surface area contributed by atoms with Gasteiger partial charge in [0.2, 0.25) is 0 Å². The van der Waals surface area contributed by atoms with Crippen LogP contribution in [0.4, 0.5) is 5.69 Å². The first-order valence-electron chi connectivity index (χ1n) is 6.27. The second kappa shape index (κ2) is 6.89. The van der Waals surface area contributed by atoms with Crippen LogP contribution in [0, 0.1) is 6.92 Å². The Hall–Kier alpha value is -1.71. The third-order valence-corrected chi connectivity index (χ3v) is 2.58. The van der Waals surface area contributed by atoms with Crippen LogP contribution in [-0.4, -0.2) is 18.7 Å². The molecule has 1 aromatic carbocycles. The third kappa shape index (κ3) is 3.95. The molecule has 0 fully saturated rings. The van der Waals surface area contributed by atoms with Crippen molar-refractivity contribution in [3.63, 3.8) is 0 Å². The summed E-state index contributed by atoms with van der Waals surface area (Å²) in [7, 11) is 0. The van der Waals surface area contributed by atoms with Gasteiger partial charge in [-0.2, -0.15) is 0 Å². The van der Waals surface area contributed by atoms with Crippen LogP contribution in [0.2, 0.25) is 0 Å². The topological polar surface area (TPSA) is 61.5 Å². The smallest absolute Gasteiger partial charge is 0.347 e. The van der Waals surface area contributed by atoms with Gasteiger partial charge in [0.1, 0.15) is 5.75 Å². The van der Waals surface area contributed by atoms with Gasteiger partial charge in [-0.3, -0.25) is 0 Å². The lowest BCUT2D eigenvalue weighted by atomic mass is 10.2. The minimum absolute atomic E-state index is 0.318. The largest absolute Gasteiger partial charge is 0.478 e. The van der Waals surface area contributed by atoms with Crippen molar-refractivity contribution in [2.45, 2.75) is 39.7 Å². The van der Waals surface area contributed by atoms with Gasteiger partial charge in [-0.1, -0.05) is 19.4 Å². The summed E-state index contributed by atoms with van der Waals surface area (Å²) in [5, 5.41) is 0. The molecule has 1 unspecified atom stereocenters. The van der Waals surface area contributed by atoms with Crippen LogP contribution in [0.25, 0.3) is 0 Å². The normalized spacial score (nSPS) is 11.9. The van der Waals surface area contributed by atoms with Crippen molar-refractivity contribution in [2.24, 2.45) is 0 Å². The number of hydrogen-bond acceptors (Lipinski definition) is 4.